The molecule has 1 nitrogen and oxygen atoms in total. The van der Waals surface area contributed by atoms with Crippen LogP contribution in [0.2, 0.25) is 5.02 Å². The molecule has 0 fully saturated rings. The Bertz CT molecular complexity index is 621. The first-order valence-corrected chi connectivity index (χ1v) is 7.73. The van der Waals surface area contributed by atoms with Crippen molar-refractivity contribution in [2.24, 2.45) is 5.92 Å². The highest BCUT2D eigenvalue weighted by atomic mass is 35.5. The highest BCUT2D eigenvalue weighted by Gasteiger charge is 2.27. The van der Waals surface area contributed by atoms with Crippen LogP contribution in [0, 0.1) is 11.7 Å². The molecule has 1 N–H and O–H groups in total. The van der Waals surface area contributed by atoms with Crippen LogP contribution in [0.15, 0.2) is 42.5 Å². The number of hydrogen-bond donors (Lipinski definition) is 1. The molecule has 0 aliphatic heterocycles. The zero-order chi connectivity index (χ0) is 14.8. The van der Waals surface area contributed by atoms with Crippen LogP contribution in [-0.4, -0.2) is 5.11 Å². The standard InChI is InChI=1S/C18H18ClFO/c19-16-9-4-10-17(20)15(16)11-13-7-3-6-12-5-1-2-8-14(12)18(13)21/h1-2,4-5,8-10,13,18,21H,3,6-7,11H2. The minimum Gasteiger partial charge on any atom is -0.388 e. The van der Waals surface area contributed by atoms with Gasteiger partial charge in [-0.3, -0.25) is 0 Å². The van der Waals surface area contributed by atoms with Gasteiger partial charge in [0.1, 0.15) is 5.82 Å². The molecular formula is C18H18ClFO. The summed E-state index contributed by atoms with van der Waals surface area (Å²) in [5.41, 5.74) is 2.70. The van der Waals surface area contributed by atoms with E-state index in [1.807, 2.05) is 18.2 Å². The van der Waals surface area contributed by atoms with Gasteiger partial charge in [-0.2, -0.15) is 0 Å². The quantitative estimate of drug-likeness (QED) is 0.797. The summed E-state index contributed by atoms with van der Waals surface area (Å²) in [6.07, 6.45) is 2.76. The lowest BCUT2D eigenvalue weighted by molar-refractivity contribution is 0.104. The largest absolute Gasteiger partial charge is 0.388 e. The molecule has 0 radical (unpaired) electrons. The van der Waals surface area contributed by atoms with E-state index in [1.54, 1.807) is 12.1 Å². The number of halogens is 2. The van der Waals surface area contributed by atoms with Gasteiger partial charge in [0.05, 0.1) is 6.10 Å². The summed E-state index contributed by atoms with van der Waals surface area (Å²) >= 11 is 6.12. The summed E-state index contributed by atoms with van der Waals surface area (Å²) in [4.78, 5) is 0. The highest BCUT2D eigenvalue weighted by Crippen LogP contribution is 2.36. The van der Waals surface area contributed by atoms with E-state index in [0.717, 1.165) is 24.8 Å². The van der Waals surface area contributed by atoms with Crippen LogP contribution in [0.3, 0.4) is 0 Å². The molecule has 0 bridgehead atoms. The topological polar surface area (TPSA) is 20.2 Å². The summed E-state index contributed by atoms with van der Waals surface area (Å²) in [5.74, 6) is -0.282. The van der Waals surface area contributed by atoms with Crippen LogP contribution >= 0.6 is 11.6 Å². The second-order valence-electron chi connectivity index (χ2n) is 5.70. The van der Waals surface area contributed by atoms with Gasteiger partial charge in [0.2, 0.25) is 0 Å². The third kappa shape index (κ3) is 2.97. The van der Waals surface area contributed by atoms with Gasteiger partial charge in [-0.05, 0) is 54.9 Å². The monoisotopic (exact) mass is 304 g/mol. The highest BCUT2D eigenvalue weighted by molar-refractivity contribution is 6.31. The summed E-state index contributed by atoms with van der Waals surface area (Å²) < 4.78 is 14.0. The van der Waals surface area contributed by atoms with E-state index >= 15 is 0 Å². The van der Waals surface area contributed by atoms with Gasteiger partial charge in [0.15, 0.2) is 0 Å². The Morgan fingerprint density at radius 3 is 2.76 bits per heavy atom. The third-order valence-corrected chi connectivity index (χ3v) is 4.72. The summed E-state index contributed by atoms with van der Waals surface area (Å²) in [6.45, 7) is 0. The fraction of sp³-hybridized carbons (Fsp3) is 0.333. The number of aliphatic hydroxyl groups excluding tert-OH is 1. The Morgan fingerprint density at radius 2 is 1.95 bits per heavy atom. The van der Waals surface area contributed by atoms with Crippen molar-refractivity contribution in [3.63, 3.8) is 0 Å². The minimum absolute atomic E-state index is 0.00282. The van der Waals surface area contributed by atoms with Crippen LogP contribution in [0.4, 0.5) is 4.39 Å². The van der Waals surface area contributed by atoms with Gasteiger partial charge >= 0.3 is 0 Å². The Hall–Kier alpha value is -1.38. The fourth-order valence-electron chi connectivity index (χ4n) is 3.22. The molecule has 2 unspecified atom stereocenters. The molecule has 110 valence electrons. The van der Waals surface area contributed by atoms with Crippen molar-refractivity contribution in [2.75, 3.05) is 0 Å². The Kier molecular flexibility index (Phi) is 4.27. The molecule has 0 aromatic heterocycles. The SMILES string of the molecule is OC1c2ccccc2CCCC1Cc1c(F)cccc1Cl. The van der Waals surface area contributed by atoms with E-state index in [-0.39, 0.29) is 11.7 Å². The maximum atomic E-state index is 14.0. The zero-order valence-corrected chi connectivity index (χ0v) is 12.5. The predicted octanol–water partition coefficient (Wildman–Crippen LogP) is 4.71. The third-order valence-electron chi connectivity index (χ3n) is 4.37. The van der Waals surface area contributed by atoms with Crippen molar-refractivity contribution >= 4 is 11.6 Å². The van der Waals surface area contributed by atoms with Gasteiger partial charge in [-0.25, -0.2) is 4.39 Å². The van der Waals surface area contributed by atoms with Crippen LogP contribution in [0.1, 0.15) is 35.6 Å². The number of aliphatic hydroxyl groups is 1. The van der Waals surface area contributed by atoms with E-state index in [4.69, 9.17) is 11.6 Å². The average molecular weight is 305 g/mol. The molecule has 2 aromatic carbocycles. The van der Waals surface area contributed by atoms with E-state index < -0.39 is 6.10 Å². The van der Waals surface area contributed by atoms with Crippen molar-refractivity contribution in [2.45, 2.75) is 31.8 Å². The zero-order valence-electron chi connectivity index (χ0n) is 11.7. The first-order valence-electron chi connectivity index (χ1n) is 7.35. The molecule has 3 rings (SSSR count). The van der Waals surface area contributed by atoms with Gasteiger partial charge in [0.25, 0.3) is 0 Å². The Balaban J connectivity index is 1.90. The van der Waals surface area contributed by atoms with E-state index in [0.29, 0.717) is 17.0 Å². The fourth-order valence-corrected chi connectivity index (χ4v) is 3.46. The van der Waals surface area contributed by atoms with Crippen molar-refractivity contribution in [3.05, 3.63) is 70.0 Å². The normalized spacial score (nSPS) is 21.7. The summed E-state index contributed by atoms with van der Waals surface area (Å²) in [6, 6.07) is 12.7. The van der Waals surface area contributed by atoms with Crippen molar-refractivity contribution < 1.29 is 9.50 Å². The van der Waals surface area contributed by atoms with Gasteiger partial charge in [-0.15, -0.1) is 0 Å². The molecule has 1 aliphatic carbocycles. The smallest absolute Gasteiger partial charge is 0.127 e. The number of rotatable bonds is 2. The second kappa shape index (κ2) is 6.17. The van der Waals surface area contributed by atoms with Crippen molar-refractivity contribution in [1.82, 2.24) is 0 Å². The van der Waals surface area contributed by atoms with Crippen LogP contribution in [0.25, 0.3) is 0 Å². The molecule has 3 heteroatoms. The molecule has 0 saturated heterocycles. The van der Waals surface area contributed by atoms with Crippen molar-refractivity contribution in [3.8, 4) is 0 Å². The first kappa shape index (κ1) is 14.6. The predicted molar refractivity (Wildman–Crippen MR) is 82.9 cm³/mol. The maximum Gasteiger partial charge on any atom is 0.127 e. The van der Waals surface area contributed by atoms with Gasteiger partial charge in [0, 0.05) is 10.6 Å². The molecular weight excluding hydrogens is 287 g/mol. The molecule has 0 amide bonds. The van der Waals surface area contributed by atoms with Crippen LogP contribution in [-0.2, 0) is 12.8 Å². The summed E-state index contributed by atoms with van der Waals surface area (Å²) in [5, 5.41) is 11.1. The maximum absolute atomic E-state index is 14.0. The number of hydrogen-bond acceptors (Lipinski definition) is 1. The first-order chi connectivity index (χ1) is 10.2. The van der Waals surface area contributed by atoms with Gasteiger partial charge in [-0.1, -0.05) is 41.9 Å². The number of benzene rings is 2. The molecule has 21 heavy (non-hydrogen) atoms. The van der Waals surface area contributed by atoms with Gasteiger partial charge < -0.3 is 5.11 Å². The lowest BCUT2D eigenvalue weighted by Gasteiger charge is -2.22. The van der Waals surface area contributed by atoms with Crippen LogP contribution < -0.4 is 0 Å². The van der Waals surface area contributed by atoms with Crippen molar-refractivity contribution in [1.29, 1.82) is 0 Å². The lowest BCUT2D eigenvalue weighted by Crippen LogP contribution is -2.15. The average Bonchev–Trinajstić information content (AvgIpc) is 2.63. The van der Waals surface area contributed by atoms with E-state index in [9.17, 15) is 9.50 Å². The molecule has 2 atom stereocenters. The molecule has 0 saturated carbocycles. The Labute approximate surface area is 129 Å². The Morgan fingerprint density at radius 1 is 1.14 bits per heavy atom. The second-order valence-corrected chi connectivity index (χ2v) is 6.11. The number of fused-ring (bicyclic) bond motifs is 1. The molecule has 0 spiro atoms. The molecule has 0 heterocycles. The summed E-state index contributed by atoms with van der Waals surface area (Å²) in [7, 11) is 0. The van der Waals surface area contributed by atoms with Crippen LogP contribution in [0.5, 0.6) is 0 Å². The number of aryl methyl sites for hydroxylation is 1. The van der Waals surface area contributed by atoms with E-state index in [2.05, 4.69) is 6.07 Å². The van der Waals surface area contributed by atoms with E-state index in [1.165, 1.54) is 11.6 Å². The molecule has 1 aliphatic rings. The molecule has 2 aromatic rings. The minimum atomic E-state index is -0.556. The lowest BCUT2D eigenvalue weighted by atomic mass is 9.88.